The number of aromatic nitrogens is 1. The normalized spacial score (nSPS) is 12.9. The van der Waals surface area contributed by atoms with Crippen LogP contribution in [0.1, 0.15) is 37.7 Å². The number of hydrogen-bond donors (Lipinski definition) is 1. The fourth-order valence-electron chi connectivity index (χ4n) is 1.38. The molecule has 0 aliphatic rings. The first-order valence-corrected chi connectivity index (χ1v) is 7.62. The van der Waals surface area contributed by atoms with Crippen molar-refractivity contribution in [2.45, 2.75) is 32.7 Å². The summed E-state index contributed by atoms with van der Waals surface area (Å²) in [5, 5.41) is 6.86. The molecule has 1 atom stereocenters. The van der Waals surface area contributed by atoms with Gasteiger partial charge in [0.15, 0.2) is 0 Å². The van der Waals surface area contributed by atoms with Crippen molar-refractivity contribution < 1.29 is 0 Å². The summed E-state index contributed by atoms with van der Waals surface area (Å²) in [5.41, 5.74) is 0. The van der Waals surface area contributed by atoms with Crippen molar-refractivity contribution >= 4 is 23.1 Å². The van der Waals surface area contributed by atoms with Gasteiger partial charge in [-0.2, -0.15) is 11.8 Å². The SMILES string of the molecule is CCCNC(CCSCC)c1nccs1. The van der Waals surface area contributed by atoms with E-state index < -0.39 is 0 Å². The fourth-order valence-corrected chi connectivity index (χ4v) is 2.82. The molecule has 0 aliphatic carbocycles. The molecule has 2 nitrogen and oxygen atoms in total. The maximum absolute atomic E-state index is 4.39. The third-order valence-corrected chi connectivity index (χ3v) is 3.97. The maximum Gasteiger partial charge on any atom is 0.110 e. The van der Waals surface area contributed by atoms with Gasteiger partial charge in [-0.1, -0.05) is 13.8 Å². The Kier molecular flexibility index (Phi) is 7.05. The lowest BCUT2D eigenvalue weighted by Crippen LogP contribution is -2.22. The van der Waals surface area contributed by atoms with Gasteiger partial charge >= 0.3 is 0 Å². The Morgan fingerprint density at radius 3 is 3.00 bits per heavy atom. The van der Waals surface area contributed by atoms with Gasteiger partial charge in [-0.05, 0) is 30.9 Å². The summed E-state index contributed by atoms with van der Waals surface area (Å²) in [5.74, 6) is 2.43. The first-order valence-electron chi connectivity index (χ1n) is 5.59. The van der Waals surface area contributed by atoms with Crippen molar-refractivity contribution in [1.82, 2.24) is 10.3 Å². The van der Waals surface area contributed by atoms with Crippen LogP contribution < -0.4 is 5.32 Å². The summed E-state index contributed by atoms with van der Waals surface area (Å²) < 4.78 is 0. The Balaban J connectivity index is 2.39. The Hall–Kier alpha value is -0.0600. The van der Waals surface area contributed by atoms with Crippen LogP contribution in [-0.2, 0) is 0 Å². The minimum atomic E-state index is 0.462. The van der Waals surface area contributed by atoms with Crippen LogP contribution in [0.2, 0.25) is 0 Å². The van der Waals surface area contributed by atoms with Gasteiger partial charge in [-0.15, -0.1) is 11.3 Å². The minimum Gasteiger partial charge on any atom is -0.308 e. The van der Waals surface area contributed by atoms with Crippen molar-refractivity contribution in [2.75, 3.05) is 18.1 Å². The van der Waals surface area contributed by atoms with Crippen LogP contribution in [0, 0.1) is 0 Å². The summed E-state index contributed by atoms with van der Waals surface area (Å²) in [6, 6.07) is 0.462. The van der Waals surface area contributed by atoms with Gasteiger partial charge in [0.1, 0.15) is 5.01 Å². The number of thiazole rings is 1. The van der Waals surface area contributed by atoms with Crippen LogP contribution in [0.15, 0.2) is 11.6 Å². The molecule has 1 unspecified atom stereocenters. The van der Waals surface area contributed by atoms with E-state index in [1.54, 1.807) is 11.3 Å². The fraction of sp³-hybridized carbons (Fsp3) is 0.727. The molecule has 0 aromatic carbocycles. The molecule has 1 aromatic heterocycles. The van der Waals surface area contributed by atoms with E-state index in [1.165, 1.54) is 29.4 Å². The van der Waals surface area contributed by atoms with Crippen molar-refractivity contribution in [3.8, 4) is 0 Å². The average Bonchev–Trinajstić information content (AvgIpc) is 2.76. The van der Waals surface area contributed by atoms with Gasteiger partial charge in [-0.3, -0.25) is 0 Å². The molecule has 0 fully saturated rings. The zero-order chi connectivity index (χ0) is 10.9. The predicted octanol–water partition coefficient (Wildman–Crippen LogP) is 3.33. The highest BCUT2D eigenvalue weighted by molar-refractivity contribution is 7.99. The summed E-state index contributed by atoms with van der Waals surface area (Å²) in [7, 11) is 0. The van der Waals surface area contributed by atoms with Gasteiger partial charge in [0.2, 0.25) is 0 Å². The van der Waals surface area contributed by atoms with Crippen LogP contribution in [0.3, 0.4) is 0 Å². The molecule has 0 amide bonds. The van der Waals surface area contributed by atoms with Crippen molar-refractivity contribution in [1.29, 1.82) is 0 Å². The summed E-state index contributed by atoms with van der Waals surface area (Å²) in [4.78, 5) is 4.39. The van der Waals surface area contributed by atoms with Gasteiger partial charge in [-0.25, -0.2) is 4.98 Å². The third-order valence-electron chi connectivity index (χ3n) is 2.15. The zero-order valence-electron chi connectivity index (χ0n) is 9.53. The molecule has 15 heavy (non-hydrogen) atoms. The highest BCUT2D eigenvalue weighted by Crippen LogP contribution is 2.21. The highest BCUT2D eigenvalue weighted by atomic mass is 32.2. The van der Waals surface area contributed by atoms with E-state index in [0.717, 1.165) is 6.54 Å². The van der Waals surface area contributed by atoms with E-state index in [1.807, 2.05) is 18.0 Å². The van der Waals surface area contributed by atoms with Crippen LogP contribution in [-0.4, -0.2) is 23.0 Å². The van der Waals surface area contributed by atoms with E-state index in [4.69, 9.17) is 0 Å². The van der Waals surface area contributed by atoms with Crippen LogP contribution >= 0.6 is 23.1 Å². The topological polar surface area (TPSA) is 24.9 Å². The number of nitrogens with one attached hydrogen (secondary N) is 1. The Bertz CT molecular complexity index is 237. The van der Waals surface area contributed by atoms with Crippen LogP contribution in [0.4, 0.5) is 0 Å². The van der Waals surface area contributed by atoms with E-state index >= 15 is 0 Å². The molecule has 1 aromatic rings. The standard InChI is InChI=1S/C11H20N2S2/c1-3-6-12-10(5-8-14-4-2)11-13-7-9-15-11/h7,9-10,12H,3-6,8H2,1-2H3. The number of rotatable bonds is 8. The Morgan fingerprint density at radius 2 is 2.40 bits per heavy atom. The number of nitrogens with zero attached hydrogens (tertiary/aromatic N) is 1. The Morgan fingerprint density at radius 1 is 1.53 bits per heavy atom. The number of thioether (sulfide) groups is 1. The Labute approximate surface area is 101 Å². The van der Waals surface area contributed by atoms with Crippen molar-refractivity contribution in [2.24, 2.45) is 0 Å². The lowest BCUT2D eigenvalue weighted by molar-refractivity contribution is 0.519. The molecule has 1 N–H and O–H groups in total. The predicted molar refractivity (Wildman–Crippen MR) is 70.8 cm³/mol. The molecule has 86 valence electrons. The molecule has 0 saturated heterocycles. The van der Waals surface area contributed by atoms with E-state index in [2.05, 4.69) is 29.5 Å². The van der Waals surface area contributed by atoms with Crippen LogP contribution in [0.5, 0.6) is 0 Å². The molecule has 1 heterocycles. The van der Waals surface area contributed by atoms with Crippen LogP contribution in [0.25, 0.3) is 0 Å². The lowest BCUT2D eigenvalue weighted by Gasteiger charge is -2.15. The third kappa shape index (κ3) is 5.00. The summed E-state index contributed by atoms with van der Waals surface area (Å²) >= 11 is 3.76. The van der Waals surface area contributed by atoms with Crippen molar-refractivity contribution in [3.05, 3.63) is 16.6 Å². The molecule has 4 heteroatoms. The maximum atomic E-state index is 4.39. The first kappa shape index (κ1) is 13.0. The van der Waals surface area contributed by atoms with Gasteiger partial charge < -0.3 is 5.32 Å². The molecular weight excluding hydrogens is 224 g/mol. The molecule has 0 saturated carbocycles. The summed E-state index contributed by atoms with van der Waals surface area (Å²) in [6.07, 6.45) is 4.27. The largest absolute Gasteiger partial charge is 0.308 e. The second-order valence-electron chi connectivity index (χ2n) is 3.36. The van der Waals surface area contributed by atoms with Gasteiger partial charge in [0.25, 0.3) is 0 Å². The smallest absolute Gasteiger partial charge is 0.110 e. The first-order chi connectivity index (χ1) is 7.38. The van der Waals surface area contributed by atoms with Gasteiger partial charge in [0.05, 0.1) is 6.04 Å². The van der Waals surface area contributed by atoms with Crippen molar-refractivity contribution in [3.63, 3.8) is 0 Å². The molecule has 0 bridgehead atoms. The lowest BCUT2D eigenvalue weighted by atomic mass is 10.2. The zero-order valence-corrected chi connectivity index (χ0v) is 11.2. The van der Waals surface area contributed by atoms with E-state index in [-0.39, 0.29) is 0 Å². The second-order valence-corrected chi connectivity index (χ2v) is 5.68. The number of hydrogen-bond acceptors (Lipinski definition) is 4. The quantitative estimate of drug-likeness (QED) is 0.710. The second kappa shape index (κ2) is 8.13. The van der Waals surface area contributed by atoms with E-state index in [9.17, 15) is 0 Å². The summed E-state index contributed by atoms with van der Waals surface area (Å²) in [6.45, 7) is 5.50. The minimum absolute atomic E-state index is 0.462. The molecular formula is C11H20N2S2. The monoisotopic (exact) mass is 244 g/mol. The van der Waals surface area contributed by atoms with E-state index in [0.29, 0.717) is 6.04 Å². The molecule has 0 radical (unpaired) electrons. The average molecular weight is 244 g/mol. The molecule has 0 spiro atoms. The molecule has 1 rings (SSSR count). The molecule has 0 aliphatic heterocycles. The highest BCUT2D eigenvalue weighted by Gasteiger charge is 2.12. The van der Waals surface area contributed by atoms with Gasteiger partial charge in [0, 0.05) is 11.6 Å².